The van der Waals surface area contributed by atoms with Gasteiger partial charge in [-0.1, -0.05) is 12.1 Å². The van der Waals surface area contributed by atoms with E-state index in [2.05, 4.69) is 10.3 Å². The Kier molecular flexibility index (Phi) is 4.94. The smallest absolute Gasteiger partial charge is 0.306 e. The number of nitrogens with one attached hydrogen (secondary N) is 1. The first-order valence-corrected chi connectivity index (χ1v) is 8.97. The average molecular weight is 344 g/mol. The van der Waals surface area contributed by atoms with Gasteiger partial charge >= 0.3 is 5.97 Å². The highest BCUT2D eigenvalue weighted by molar-refractivity contribution is 7.13. The Morgan fingerprint density at radius 2 is 2.00 bits per heavy atom. The first-order valence-electron chi connectivity index (χ1n) is 8.09. The fraction of sp³-hybridized carbons (Fsp3) is 0.389. The average Bonchev–Trinajstić information content (AvgIpc) is 3.02. The van der Waals surface area contributed by atoms with E-state index in [-0.39, 0.29) is 17.9 Å². The summed E-state index contributed by atoms with van der Waals surface area (Å²) in [6.45, 7) is 1.95. The molecule has 1 aromatic carbocycles. The van der Waals surface area contributed by atoms with E-state index in [1.54, 1.807) is 17.4 Å². The van der Waals surface area contributed by atoms with E-state index in [0.29, 0.717) is 31.2 Å². The molecule has 1 aliphatic rings. The molecule has 0 atom stereocenters. The van der Waals surface area contributed by atoms with Crippen molar-refractivity contribution in [3.05, 3.63) is 40.9 Å². The van der Waals surface area contributed by atoms with Crippen LogP contribution in [0.15, 0.2) is 29.6 Å². The fourth-order valence-corrected chi connectivity index (χ4v) is 3.83. The number of aliphatic carboxylic acids is 1. The lowest BCUT2D eigenvalue weighted by atomic mass is 9.86. The molecule has 0 saturated heterocycles. The van der Waals surface area contributed by atoms with E-state index < -0.39 is 5.97 Å². The maximum atomic E-state index is 12.5. The van der Waals surface area contributed by atoms with Gasteiger partial charge in [0.25, 0.3) is 5.91 Å². The van der Waals surface area contributed by atoms with Crippen molar-refractivity contribution in [1.82, 2.24) is 10.3 Å². The third kappa shape index (κ3) is 3.82. The van der Waals surface area contributed by atoms with Crippen LogP contribution < -0.4 is 5.32 Å². The van der Waals surface area contributed by atoms with Crippen molar-refractivity contribution in [2.75, 3.05) is 0 Å². The minimum absolute atomic E-state index is 0.0545. The van der Waals surface area contributed by atoms with Gasteiger partial charge in [0.05, 0.1) is 5.92 Å². The fourth-order valence-electron chi connectivity index (χ4n) is 3.03. The van der Waals surface area contributed by atoms with E-state index in [9.17, 15) is 9.59 Å². The van der Waals surface area contributed by atoms with E-state index >= 15 is 0 Å². The molecule has 1 saturated carbocycles. The quantitative estimate of drug-likeness (QED) is 0.890. The van der Waals surface area contributed by atoms with E-state index in [0.717, 1.165) is 16.3 Å². The van der Waals surface area contributed by atoms with Gasteiger partial charge in [0.1, 0.15) is 5.01 Å². The number of carbonyl (C=O) groups is 2. The van der Waals surface area contributed by atoms with Gasteiger partial charge in [0.15, 0.2) is 0 Å². The molecule has 3 rings (SSSR count). The number of benzene rings is 1. The van der Waals surface area contributed by atoms with Crippen LogP contribution in [0.2, 0.25) is 0 Å². The minimum Gasteiger partial charge on any atom is -0.481 e. The Balaban J connectivity index is 1.64. The summed E-state index contributed by atoms with van der Waals surface area (Å²) in [7, 11) is 0. The monoisotopic (exact) mass is 344 g/mol. The molecule has 1 aromatic heterocycles. The molecule has 0 bridgehead atoms. The largest absolute Gasteiger partial charge is 0.481 e. The van der Waals surface area contributed by atoms with Crippen molar-refractivity contribution < 1.29 is 14.7 Å². The van der Waals surface area contributed by atoms with Crippen LogP contribution in [0.4, 0.5) is 0 Å². The van der Waals surface area contributed by atoms with Crippen molar-refractivity contribution in [3.63, 3.8) is 0 Å². The van der Waals surface area contributed by atoms with Crippen molar-refractivity contribution in [1.29, 1.82) is 0 Å². The highest BCUT2D eigenvalue weighted by Crippen LogP contribution is 2.26. The maximum Gasteiger partial charge on any atom is 0.306 e. The Bertz CT molecular complexity index is 748. The van der Waals surface area contributed by atoms with Crippen molar-refractivity contribution in [2.24, 2.45) is 5.92 Å². The number of thiazole rings is 1. The zero-order valence-corrected chi connectivity index (χ0v) is 14.3. The summed E-state index contributed by atoms with van der Waals surface area (Å²) in [4.78, 5) is 27.9. The summed E-state index contributed by atoms with van der Waals surface area (Å²) in [5.74, 6) is -1.11. The standard InChI is InChI=1S/C18H20N2O3S/c1-11-10-24-17(19-11)14-4-2-3-13(9-14)16(21)20-15-7-5-12(6-8-15)18(22)23/h2-4,9-10,12,15H,5-8H2,1H3,(H,20,21)(H,22,23). The third-order valence-corrected chi connectivity index (χ3v) is 5.41. The summed E-state index contributed by atoms with van der Waals surface area (Å²) >= 11 is 1.56. The second-order valence-electron chi connectivity index (χ2n) is 6.24. The van der Waals surface area contributed by atoms with Crippen LogP contribution in [0.25, 0.3) is 10.6 Å². The molecule has 2 N–H and O–H groups in total. The number of aryl methyl sites for hydroxylation is 1. The molecule has 2 aromatic rings. The molecule has 5 nitrogen and oxygen atoms in total. The topological polar surface area (TPSA) is 79.3 Å². The molecular formula is C18H20N2O3S. The first-order chi connectivity index (χ1) is 11.5. The molecule has 1 fully saturated rings. The minimum atomic E-state index is -0.730. The number of carboxylic acids is 1. The van der Waals surface area contributed by atoms with Crippen LogP contribution in [0.5, 0.6) is 0 Å². The molecule has 24 heavy (non-hydrogen) atoms. The van der Waals surface area contributed by atoms with Gasteiger partial charge in [0.2, 0.25) is 0 Å². The Morgan fingerprint density at radius 1 is 1.25 bits per heavy atom. The van der Waals surface area contributed by atoms with Gasteiger partial charge in [0, 0.05) is 28.2 Å². The number of carboxylic acid groups (broad SMARTS) is 1. The van der Waals surface area contributed by atoms with Crippen molar-refractivity contribution in [2.45, 2.75) is 38.6 Å². The van der Waals surface area contributed by atoms with Crippen LogP contribution in [0.3, 0.4) is 0 Å². The third-order valence-electron chi connectivity index (χ3n) is 4.40. The molecule has 1 aliphatic carbocycles. The first kappa shape index (κ1) is 16.6. The number of hydrogen-bond acceptors (Lipinski definition) is 4. The van der Waals surface area contributed by atoms with Crippen LogP contribution >= 0.6 is 11.3 Å². The van der Waals surface area contributed by atoms with Gasteiger partial charge in [-0.15, -0.1) is 11.3 Å². The van der Waals surface area contributed by atoms with Gasteiger partial charge in [-0.2, -0.15) is 0 Å². The highest BCUT2D eigenvalue weighted by atomic mass is 32.1. The number of rotatable bonds is 4. The Morgan fingerprint density at radius 3 is 2.62 bits per heavy atom. The van der Waals surface area contributed by atoms with Gasteiger partial charge < -0.3 is 10.4 Å². The van der Waals surface area contributed by atoms with Gasteiger partial charge in [-0.25, -0.2) is 4.98 Å². The molecule has 0 aliphatic heterocycles. The molecule has 126 valence electrons. The number of hydrogen-bond donors (Lipinski definition) is 2. The summed E-state index contributed by atoms with van der Waals surface area (Å²) in [6.07, 6.45) is 2.68. The molecule has 1 amide bonds. The lowest BCUT2D eigenvalue weighted by molar-refractivity contribution is -0.142. The summed E-state index contributed by atoms with van der Waals surface area (Å²) in [6, 6.07) is 7.52. The van der Waals surface area contributed by atoms with Gasteiger partial charge in [-0.05, 0) is 44.7 Å². The van der Waals surface area contributed by atoms with Gasteiger partial charge in [-0.3, -0.25) is 9.59 Å². The van der Waals surface area contributed by atoms with E-state index in [4.69, 9.17) is 5.11 Å². The summed E-state index contributed by atoms with van der Waals surface area (Å²) < 4.78 is 0. The predicted octanol–water partition coefficient (Wildman–Crippen LogP) is 3.49. The van der Waals surface area contributed by atoms with Crippen molar-refractivity contribution >= 4 is 23.2 Å². The number of aromatic nitrogens is 1. The maximum absolute atomic E-state index is 12.5. The zero-order chi connectivity index (χ0) is 17.1. The van der Waals surface area contributed by atoms with E-state index in [1.165, 1.54) is 0 Å². The normalized spacial score (nSPS) is 20.5. The SMILES string of the molecule is Cc1csc(-c2cccc(C(=O)NC3CCC(C(=O)O)CC3)c2)n1. The highest BCUT2D eigenvalue weighted by Gasteiger charge is 2.26. The molecule has 1 heterocycles. The van der Waals surface area contributed by atoms with Crippen LogP contribution in [-0.2, 0) is 4.79 Å². The Hall–Kier alpha value is -2.21. The predicted molar refractivity (Wildman–Crippen MR) is 93.1 cm³/mol. The number of amides is 1. The molecular weight excluding hydrogens is 324 g/mol. The molecule has 6 heteroatoms. The lowest BCUT2D eigenvalue weighted by Gasteiger charge is -2.26. The molecule has 0 radical (unpaired) electrons. The second-order valence-corrected chi connectivity index (χ2v) is 7.09. The molecule has 0 unspecified atom stereocenters. The second kappa shape index (κ2) is 7.13. The summed E-state index contributed by atoms with van der Waals surface area (Å²) in [5.41, 5.74) is 2.52. The van der Waals surface area contributed by atoms with Crippen molar-refractivity contribution in [3.8, 4) is 10.6 Å². The molecule has 0 spiro atoms. The van der Waals surface area contributed by atoms with E-state index in [1.807, 2.05) is 30.5 Å². The number of carbonyl (C=O) groups excluding carboxylic acids is 1. The number of nitrogens with zero attached hydrogens (tertiary/aromatic N) is 1. The zero-order valence-electron chi connectivity index (χ0n) is 13.5. The van der Waals surface area contributed by atoms with Crippen LogP contribution in [-0.4, -0.2) is 28.0 Å². The van der Waals surface area contributed by atoms with Crippen LogP contribution in [0, 0.1) is 12.8 Å². The van der Waals surface area contributed by atoms with Crippen LogP contribution in [0.1, 0.15) is 41.7 Å². The Labute approximate surface area is 144 Å². The summed E-state index contributed by atoms with van der Waals surface area (Å²) in [5, 5.41) is 15.0. The lowest BCUT2D eigenvalue weighted by Crippen LogP contribution is -2.38.